The largest absolute Gasteiger partial charge is 0.502 e. The predicted octanol–water partition coefficient (Wildman–Crippen LogP) is 1.60. The Hall–Kier alpha value is -3.43. The summed E-state index contributed by atoms with van der Waals surface area (Å²) in [6, 6.07) is 2.27. The van der Waals surface area contributed by atoms with Crippen LogP contribution in [0.15, 0.2) is 23.1 Å². The van der Waals surface area contributed by atoms with E-state index in [1.807, 2.05) is 6.92 Å². The first-order valence-electron chi connectivity index (χ1n) is 9.96. The number of benzene rings is 1. The first-order valence-corrected chi connectivity index (χ1v) is 9.96. The molecular formula is C21H22F2N4O4. The van der Waals surface area contributed by atoms with Crippen LogP contribution in [0.5, 0.6) is 5.75 Å². The summed E-state index contributed by atoms with van der Waals surface area (Å²) < 4.78 is 29.4. The van der Waals surface area contributed by atoms with Gasteiger partial charge in [0.2, 0.25) is 5.43 Å². The number of rotatable bonds is 3. The maximum atomic E-state index is 14.1. The van der Waals surface area contributed by atoms with Gasteiger partial charge in [-0.15, -0.1) is 0 Å². The minimum Gasteiger partial charge on any atom is -0.502 e. The topological polar surface area (TPSA) is 94.9 Å². The number of halogens is 2. The van der Waals surface area contributed by atoms with Crippen LogP contribution in [0.4, 0.5) is 8.78 Å². The normalized spacial score (nSPS) is 17.9. The second kappa shape index (κ2) is 7.68. The van der Waals surface area contributed by atoms with Gasteiger partial charge in [-0.25, -0.2) is 8.78 Å². The van der Waals surface area contributed by atoms with Crippen molar-refractivity contribution in [3.63, 3.8) is 0 Å². The maximum Gasteiger partial charge on any atom is 0.277 e. The zero-order valence-electron chi connectivity index (χ0n) is 17.1. The standard InChI is InChI=1S/C21H22F2N4O4/c1-11-6-15(22)13(16(23)7-11)8-24-20(30)14-9-26-17(19(29)18(14)28)21(31)25-5-3-4-12(2)27(26)10-25/h6-7,9,12,29H,3-5,8,10H2,1-2H3,(H,24,30)/t12-/m1/s1. The van der Waals surface area contributed by atoms with Crippen LogP contribution in [0.3, 0.4) is 0 Å². The number of carbonyl (C=O) groups is 2. The first-order chi connectivity index (χ1) is 14.7. The van der Waals surface area contributed by atoms with E-state index < -0.39 is 46.7 Å². The molecule has 1 fully saturated rings. The summed E-state index contributed by atoms with van der Waals surface area (Å²) >= 11 is 0. The van der Waals surface area contributed by atoms with Crippen LogP contribution in [0.1, 0.15) is 51.7 Å². The number of nitrogens with zero attached hydrogens (tertiary/aromatic N) is 3. The Bertz CT molecular complexity index is 1120. The summed E-state index contributed by atoms with van der Waals surface area (Å²) in [6.07, 6.45) is 2.75. The highest BCUT2D eigenvalue weighted by atomic mass is 19.1. The molecule has 2 bridgehead atoms. The van der Waals surface area contributed by atoms with E-state index in [1.165, 1.54) is 17.8 Å². The van der Waals surface area contributed by atoms with E-state index in [9.17, 15) is 28.3 Å². The fourth-order valence-electron chi connectivity index (χ4n) is 4.02. The van der Waals surface area contributed by atoms with Crippen molar-refractivity contribution in [3.05, 3.63) is 62.6 Å². The summed E-state index contributed by atoms with van der Waals surface area (Å²) in [5, 5.41) is 14.6. The molecule has 2 aliphatic heterocycles. The number of nitrogens with one attached hydrogen (secondary N) is 1. The first kappa shape index (κ1) is 20.8. The lowest BCUT2D eigenvalue weighted by atomic mass is 10.1. The van der Waals surface area contributed by atoms with Gasteiger partial charge in [-0.05, 0) is 44.4 Å². The van der Waals surface area contributed by atoms with Gasteiger partial charge < -0.3 is 15.3 Å². The van der Waals surface area contributed by atoms with Crippen molar-refractivity contribution in [1.82, 2.24) is 14.9 Å². The molecule has 0 saturated carbocycles. The molecule has 1 atom stereocenters. The molecule has 8 nitrogen and oxygen atoms in total. The van der Waals surface area contributed by atoms with Gasteiger partial charge in [0.15, 0.2) is 11.4 Å². The van der Waals surface area contributed by atoms with Gasteiger partial charge in [0.05, 0.1) is 0 Å². The smallest absolute Gasteiger partial charge is 0.277 e. The van der Waals surface area contributed by atoms with Crippen LogP contribution in [-0.4, -0.2) is 45.8 Å². The Kier molecular flexibility index (Phi) is 5.16. The minimum atomic E-state index is -1.02. The molecule has 0 spiro atoms. The van der Waals surface area contributed by atoms with Gasteiger partial charge in [0.1, 0.15) is 23.9 Å². The minimum absolute atomic E-state index is 0.00888. The van der Waals surface area contributed by atoms with Crippen molar-refractivity contribution in [1.29, 1.82) is 0 Å². The van der Waals surface area contributed by atoms with E-state index in [0.29, 0.717) is 12.1 Å². The van der Waals surface area contributed by atoms with E-state index in [-0.39, 0.29) is 24.0 Å². The van der Waals surface area contributed by atoms with Crippen LogP contribution in [0, 0.1) is 18.6 Å². The molecule has 10 heteroatoms. The monoisotopic (exact) mass is 432 g/mol. The highest BCUT2D eigenvalue weighted by Gasteiger charge is 2.37. The second-order valence-corrected chi connectivity index (χ2v) is 7.94. The average molecular weight is 432 g/mol. The van der Waals surface area contributed by atoms with Gasteiger partial charge in [-0.1, -0.05) is 0 Å². The number of amides is 2. The average Bonchev–Trinajstić information content (AvgIpc) is 2.87. The fourth-order valence-corrected chi connectivity index (χ4v) is 4.02. The van der Waals surface area contributed by atoms with E-state index >= 15 is 0 Å². The molecule has 1 aromatic heterocycles. The van der Waals surface area contributed by atoms with Crippen molar-refractivity contribution in [3.8, 4) is 5.75 Å². The Morgan fingerprint density at radius 1 is 1.26 bits per heavy atom. The molecular weight excluding hydrogens is 410 g/mol. The maximum absolute atomic E-state index is 14.1. The lowest BCUT2D eigenvalue weighted by molar-refractivity contribution is 0.0696. The third kappa shape index (κ3) is 3.51. The third-order valence-corrected chi connectivity index (χ3v) is 5.76. The molecule has 2 aliphatic rings. The van der Waals surface area contributed by atoms with Crippen molar-refractivity contribution < 1.29 is 23.5 Å². The fraction of sp³-hybridized carbons (Fsp3) is 0.381. The van der Waals surface area contributed by atoms with Crippen molar-refractivity contribution in [2.45, 2.75) is 39.3 Å². The molecule has 0 radical (unpaired) electrons. The van der Waals surface area contributed by atoms with E-state index in [0.717, 1.165) is 25.0 Å². The molecule has 164 valence electrons. The molecule has 2 N–H and O–H groups in total. The zero-order chi connectivity index (χ0) is 22.4. The molecule has 0 unspecified atom stereocenters. The number of hydrogen-bond donors (Lipinski definition) is 2. The Morgan fingerprint density at radius 3 is 2.61 bits per heavy atom. The summed E-state index contributed by atoms with van der Waals surface area (Å²) in [6.45, 7) is 3.77. The number of aryl methyl sites for hydroxylation is 1. The number of aromatic nitrogens is 1. The number of hydrogen-bond acceptors (Lipinski definition) is 5. The Balaban J connectivity index is 1.69. The van der Waals surface area contributed by atoms with Crippen molar-refractivity contribution in [2.75, 3.05) is 18.2 Å². The summed E-state index contributed by atoms with van der Waals surface area (Å²) in [7, 11) is 0. The molecule has 1 aromatic carbocycles. The molecule has 0 aliphatic carbocycles. The number of carbonyl (C=O) groups excluding carboxylic acids is 2. The van der Waals surface area contributed by atoms with Gasteiger partial charge in [-0.3, -0.25) is 24.1 Å². The second-order valence-electron chi connectivity index (χ2n) is 7.94. The molecule has 31 heavy (non-hydrogen) atoms. The Morgan fingerprint density at radius 2 is 1.94 bits per heavy atom. The van der Waals surface area contributed by atoms with Crippen molar-refractivity contribution >= 4 is 11.8 Å². The van der Waals surface area contributed by atoms with Crippen molar-refractivity contribution in [2.24, 2.45) is 0 Å². The van der Waals surface area contributed by atoms with Crippen LogP contribution >= 0.6 is 0 Å². The number of aromatic hydroxyl groups is 1. The van der Waals surface area contributed by atoms with Gasteiger partial charge in [-0.2, -0.15) is 0 Å². The van der Waals surface area contributed by atoms with Crippen LogP contribution in [-0.2, 0) is 6.54 Å². The van der Waals surface area contributed by atoms with E-state index in [4.69, 9.17) is 0 Å². The van der Waals surface area contributed by atoms with Crippen LogP contribution in [0.25, 0.3) is 0 Å². The summed E-state index contributed by atoms with van der Waals surface area (Å²) in [4.78, 5) is 39.6. The number of fused-ring (bicyclic) bond motifs is 4. The van der Waals surface area contributed by atoms with E-state index in [1.54, 1.807) is 9.91 Å². The quantitative estimate of drug-likeness (QED) is 0.769. The lowest BCUT2D eigenvalue weighted by Gasteiger charge is -2.40. The van der Waals surface area contributed by atoms with Gasteiger partial charge in [0, 0.05) is 30.9 Å². The number of pyridine rings is 1. The predicted molar refractivity (Wildman–Crippen MR) is 107 cm³/mol. The Labute approximate surface area is 176 Å². The van der Waals surface area contributed by atoms with Crippen LogP contribution < -0.4 is 15.8 Å². The highest BCUT2D eigenvalue weighted by Crippen LogP contribution is 2.26. The van der Waals surface area contributed by atoms with Crippen LogP contribution in [0.2, 0.25) is 0 Å². The van der Waals surface area contributed by atoms with E-state index in [2.05, 4.69) is 5.32 Å². The molecule has 2 amide bonds. The molecule has 2 aromatic rings. The van der Waals surface area contributed by atoms with Gasteiger partial charge >= 0.3 is 0 Å². The molecule has 3 heterocycles. The summed E-state index contributed by atoms with van der Waals surface area (Å²) in [5.41, 5.74) is -1.58. The molecule has 4 rings (SSSR count). The zero-order valence-corrected chi connectivity index (χ0v) is 17.1. The molecule has 1 saturated heterocycles. The third-order valence-electron chi connectivity index (χ3n) is 5.76. The lowest BCUT2D eigenvalue weighted by Crippen LogP contribution is -2.55. The SMILES string of the molecule is Cc1cc(F)c(CNC(=O)c2cn3c(c(O)c2=O)C(=O)N2CCC[C@@H](C)N3C2)c(F)c1. The highest BCUT2D eigenvalue weighted by molar-refractivity contribution is 5.99. The van der Waals surface area contributed by atoms with Gasteiger partial charge in [0.25, 0.3) is 11.8 Å². The summed E-state index contributed by atoms with van der Waals surface area (Å²) in [5.74, 6) is -3.85.